The number of anilines is 4. The highest BCUT2D eigenvalue weighted by molar-refractivity contribution is 6.32. The summed E-state index contributed by atoms with van der Waals surface area (Å²) in [5.41, 5.74) is 9.40. The summed E-state index contributed by atoms with van der Waals surface area (Å²) in [7, 11) is 6.96. The molecule has 1 aliphatic heterocycles. The molecule has 1 aliphatic rings. The first-order valence-corrected chi connectivity index (χ1v) is 11.8. The maximum Gasteiger partial charge on any atom is 0.232 e. The van der Waals surface area contributed by atoms with E-state index in [1.807, 2.05) is 41.9 Å². The average Bonchev–Trinajstić information content (AvgIpc) is 3.31. The van der Waals surface area contributed by atoms with Crippen LogP contribution in [0.4, 0.5) is 23.5 Å². The lowest BCUT2D eigenvalue weighted by atomic mass is 10.1. The Labute approximate surface area is 214 Å². The molecule has 0 unspecified atom stereocenters. The predicted molar refractivity (Wildman–Crippen MR) is 142 cm³/mol. The van der Waals surface area contributed by atoms with Crippen molar-refractivity contribution in [2.24, 2.45) is 0 Å². The standard InChI is InChI=1S/C24H28ClN9O2/c1-31(2)23-28-22(26)29-24(30-23)33-9-7-32(8-10-33)15-5-6-34-14-18(27-21(34)11-15)16-12-17(25)20(36-4)13-19(16)35-3/h5-6,11-14H,7-10H2,1-4H3,(H2,26,28,29,30). The number of nitrogens with zero attached hydrogens (tertiary/aromatic N) is 8. The lowest BCUT2D eigenvalue weighted by molar-refractivity contribution is 0.395. The number of hydrogen-bond donors (Lipinski definition) is 1. The summed E-state index contributed by atoms with van der Waals surface area (Å²) in [4.78, 5) is 24.2. The van der Waals surface area contributed by atoms with Crippen LogP contribution >= 0.6 is 11.6 Å². The molecule has 3 aromatic heterocycles. The van der Waals surface area contributed by atoms with Crippen LogP contribution in [-0.2, 0) is 0 Å². The second-order valence-electron chi connectivity index (χ2n) is 8.63. The number of nitrogens with two attached hydrogens (primary N) is 1. The van der Waals surface area contributed by atoms with E-state index in [0.717, 1.165) is 48.8 Å². The highest BCUT2D eigenvalue weighted by atomic mass is 35.5. The first-order chi connectivity index (χ1) is 17.4. The lowest BCUT2D eigenvalue weighted by Crippen LogP contribution is -2.47. The van der Waals surface area contributed by atoms with Gasteiger partial charge in [-0.1, -0.05) is 11.6 Å². The van der Waals surface area contributed by atoms with Crippen molar-refractivity contribution in [2.75, 3.05) is 74.9 Å². The molecule has 0 aliphatic carbocycles. The zero-order valence-corrected chi connectivity index (χ0v) is 21.4. The summed E-state index contributed by atoms with van der Waals surface area (Å²) in [5.74, 6) is 2.58. The molecule has 5 rings (SSSR count). The zero-order chi connectivity index (χ0) is 25.4. The summed E-state index contributed by atoms with van der Waals surface area (Å²) in [6.45, 7) is 3.16. The molecule has 11 nitrogen and oxygen atoms in total. The van der Waals surface area contributed by atoms with E-state index in [4.69, 9.17) is 31.8 Å². The van der Waals surface area contributed by atoms with Crippen molar-refractivity contribution in [2.45, 2.75) is 0 Å². The minimum atomic E-state index is 0.224. The molecule has 0 spiro atoms. The highest BCUT2D eigenvalue weighted by Gasteiger charge is 2.22. The van der Waals surface area contributed by atoms with Crippen LogP contribution in [0.25, 0.3) is 16.9 Å². The van der Waals surface area contributed by atoms with Crippen LogP contribution in [0, 0.1) is 0 Å². The van der Waals surface area contributed by atoms with Gasteiger partial charge in [0.05, 0.1) is 24.9 Å². The van der Waals surface area contributed by atoms with Crippen molar-refractivity contribution in [3.63, 3.8) is 0 Å². The molecule has 12 heteroatoms. The smallest absolute Gasteiger partial charge is 0.232 e. The number of fused-ring (bicyclic) bond motifs is 1. The van der Waals surface area contributed by atoms with Gasteiger partial charge in [-0.15, -0.1) is 0 Å². The molecule has 1 aromatic carbocycles. The van der Waals surface area contributed by atoms with Crippen molar-refractivity contribution in [3.8, 4) is 22.8 Å². The second kappa shape index (κ2) is 9.57. The molecule has 0 amide bonds. The number of aromatic nitrogens is 5. The summed E-state index contributed by atoms with van der Waals surface area (Å²) < 4.78 is 12.9. The van der Waals surface area contributed by atoms with Crippen LogP contribution in [0.1, 0.15) is 0 Å². The van der Waals surface area contributed by atoms with E-state index < -0.39 is 0 Å². The maximum atomic E-state index is 6.38. The van der Waals surface area contributed by atoms with Crippen LogP contribution in [0.15, 0.2) is 36.7 Å². The van der Waals surface area contributed by atoms with Crippen molar-refractivity contribution in [3.05, 3.63) is 41.7 Å². The topological polar surface area (TPSA) is 110 Å². The normalized spacial score (nSPS) is 13.8. The average molecular weight is 510 g/mol. The van der Waals surface area contributed by atoms with Crippen molar-refractivity contribution in [1.29, 1.82) is 0 Å². The number of methoxy groups -OCH3 is 2. The van der Waals surface area contributed by atoms with E-state index >= 15 is 0 Å². The van der Waals surface area contributed by atoms with Gasteiger partial charge in [-0.05, 0) is 12.1 Å². The number of nitrogen functional groups attached to an aromatic ring is 1. The summed E-state index contributed by atoms with van der Waals surface area (Å²) in [6.07, 6.45) is 3.98. The molecule has 36 heavy (non-hydrogen) atoms. The van der Waals surface area contributed by atoms with E-state index in [-0.39, 0.29) is 5.95 Å². The lowest BCUT2D eigenvalue weighted by Gasteiger charge is -2.36. The van der Waals surface area contributed by atoms with Gasteiger partial charge >= 0.3 is 0 Å². The third-order valence-electron chi connectivity index (χ3n) is 6.15. The Morgan fingerprint density at radius 1 is 0.917 bits per heavy atom. The second-order valence-corrected chi connectivity index (χ2v) is 9.03. The molecule has 4 heterocycles. The van der Waals surface area contributed by atoms with Crippen molar-refractivity contribution < 1.29 is 9.47 Å². The predicted octanol–water partition coefficient (Wildman–Crippen LogP) is 2.83. The molecule has 1 fully saturated rings. The van der Waals surface area contributed by atoms with Crippen molar-refractivity contribution >= 4 is 40.8 Å². The van der Waals surface area contributed by atoms with E-state index in [2.05, 4.69) is 36.9 Å². The van der Waals surface area contributed by atoms with Crippen LogP contribution < -0.4 is 29.9 Å². The minimum Gasteiger partial charge on any atom is -0.496 e. The molecule has 1 saturated heterocycles. The number of rotatable bonds is 6. The van der Waals surface area contributed by atoms with Crippen LogP contribution in [0.2, 0.25) is 5.02 Å². The summed E-state index contributed by atoms with van der Waals surface area (Å²) in [5, 5.41) is 0.501. The SMILES string of the molecule is COc1cc(OC)c(-c2cn3ccc(N4CCN(c5nc(N)nc(N(C)C)n5)CC4)cc3n2)cc1Cl. The van der Waals surface area contributed by atoms with Gasteiger partial charge in [0.15, 0.2) is 0 Å². The molecule has 0 atom stereocenters. The van der Waals surface area contributed by atoms with Gasteiger partial charge in [0, 0.05) is 76.1 Å². The van der Waals surface area contributed by atoms with E-state index in [0.29, 0.717) is 28.4 Å². The van der Waals surface area contributed by atoms with Crippen LogP contribution in [0.3, 0.4) is 0 Å². The first kappa shape index (κ1) is 23.7. The van der Waals surface area contributed by atoms with E-state index in [9.17, 15) is 0 Å². The van der Waals surface area contributed by atoms with Gasteiger partial charge in [-0.2, -0.15) is 15.0 Å². The maximum absolute atomic E-state index is 6.38. The van der Waals surface area contributed by atoms with E-state index in [1.54, 1.807) is 20.3 Å². The molecule has 0 radical (unpaired) electrons. The van der Waals surface area contributed by atoms with Crippen LogP contribution in [0.5, 0.6) is 11.5 Å². The number of pyridine rings is 1. The largest absolute Gasteiger partial charge is 0.496 e. The molecule has 0 saturated carbocycles. The van der Waals surface area contributed by atoms with Gasteiger partial charge in [-0.25, -0.2) is 4.98 Å². The molecule has 2 N–H and O–H groups in total. The van der Waals surface area contributed by atoms with Gasteiger partial charge in [0.1, 0.15) is 17.1 Å². The Bertz CT molecular complexity index is 1400. The monoisotopic (exact) mass is 509 g/mol. The molecule has 4 aromatic rings. The molecule has 0 bridgehead atoms. The minimum absolute atomic E-state index is 0.224. The number of piperazine rings is 1. The highest BCUT2D eigenvalue weighted by Crippen LogP contribution is 2.38. The molecular weight excluding hydrogens is 482 g/mol. The number of ether oxygens (including phenoxy) is 2. The van der Waals surface area contributed by atoms with E-state index in [1.165, 1.54) is 0 Å². The zero-order valence-electron chi connectivity index (χ0n) is 20.6. The number of halogens is 1. The Morgan fingerprint density at radius 3 is 2.33 bits per heavy atom. The van der Waals surface area contributed by atoms with Gasteiger partial charge in [0.2, 0.25) is 17.8 Å². The Morgan fingerprint density at radius 2 is 1.64 bits per heavy atom. The Hall–Kier alpha value is -3.99. The molecular formula is C24H28ClN9O2. The third-order valence-corrected chi connectivity index (χ3v) is 6.45. The van der Waals surface area contributed by atoms with Gasteiger partial charge in [-0.3, -0.25) is 0 Å². The van der Waals surface area contributed by atoms with Gasteiger partial charge < -0.3 is 34.3 Å². The summed E-state index contributed by atoms with van der Waals surface area (Å²) >= 11 is 6.38. The first-order valence-electron chi connectivity index (χ1n) is 11.5. The third kappa shape index (κ3) is 4.49. The fraction of sp³-hybridized carbons (Fsp3) is 0.333. The van der Waals surface area contributed by atoms with Gasteiger partial charge in [0.25, 0.3) is 0 Å². The Balaban J connectivity index is 1.36. The number of imidazole rings is 1. The quantitative estimate of drug-likeness (QED) is 0.416. The number of hydrogen-bond acceptors (Lipinski definition) is 10. The summed E-state index contributed by atoms with van der Waals surface area (Å²) in [6, 6.07) is 7.77. The molecule has 188 valence electrons. The number of benzene rings is 1. The van der Waals surface area contributed by atoms with Crippen molar-refractivity contribution in [1.82, 2.24) is 24.3 Å². The fourth-order valence-electron chi connectivity index (χ4n) is 4.23. The van der Waals surface area contributed by atoms with Crippen LogP contribution in [-0.4, -0.2) is 78.8 Å². The Kier molecular flexibility index (Phi) is 6.31. The fourth-order valence-corrected chi connectivity index (χ4v) is 4.47.